The van der Waals surface area contributed by atoms with Crippen LogP contribution in [0, 0.1) is 0 Å². The van der Waals surface area contributed by atoms with E-state index in [4.69, 9.17) is 5.11 Å². The Hall–Kier alpha value is -0.910. The number of thioether (sulfide) groups is 1. The molecule has 0 aromatic carbocycles. The molecular weight excluding hydrogens is 264 g/mol. The van der Waals surface area contributed by atoms with Gasteiger partial charge in [0.05, 0.1) is 0 Å². The molecule has 2 unspecified atom stereocenters. The van der Waals surface area contributed by atoms with E-state index in [0.717, 1.165) is 12.2 Å². The van der Waals surface area contributed by atoms with Gasteiger partial charge in [0.2, 0.25) is 0 Å². The van der Waals surface area contributed by atoms with Crippen molar-refractivity contribution in [3.63, 3.8) is 0 Å². The summed E-state index contributed by atoms with van der Waals surface area (Å²) in [7, 11) is 1.80. The van der Waals surface area contributed by atoms with Gasteiger partial charge in [0.15, 0.2) is 0 Å². The fourth-order valence-corrected chi connectivity index (χ4v) is 2.20. The fraction of sp³-hybridized carbons (Fsp3) is 0.846. The molecule has 0 bridgehead atoms. The summed E-state index contributed by atoms with van der Waals surface area (Å²) >= 11 is 1.77. The predicted molar refractivity (Wildman–Crippen MR) is 79.7 cm³/mol. The first-order chi connectivity index (χ1) is 8.88. The minimum Gasteiger partial charge on any atom is -0.481 e. The van der Waals surface area contributed by atoms with Gasteiger partial charge in [-0.15, -0.1) is 0 Å². The number of amides is 2. The van der Waals surface area contributed by atoms with Crippen molar-refractivity contribution in [3.05, 3.63) is 0 Å². The average Bonchev–Trinajstić information content (AvgIpc) is 2.34. The van der Waals surface area contributed by atoms with Crippen LogP contribution in [0.5, 0.6) is 0 Å². The second-order valence-corrected chi connectivity index (χ2v) is 5.86. The molecule has 0 aromatic rings. The lowest BCUT2D eigenvalue weighted by molar-refractivity contribution is -0.137. The van der Waals surface area contributed by atoms with Crippen LogP contribution < -0.4 is 5.32 Å². The quantitative estimate of drug-likeness (QED) is 0.684. The number of carboxylic acid groups (broad SMARTS) is 1. The van der Waals surface area contributed by atoms with Crippen molar-refractivity contribution in [3.8, 4) is 0 Å². The standard InChI is InChI=1S/C13H26N2O3S/c1-10(6-5-7-12(16)17)14-13(18)15(3)11(2)8-9-19-4/h10-11H,5-9H2,1-4H3,(H,14,18)(H,16,17). The van der Waals surface area contributed by atoms with Crippen molar-refractivity contribution < 1.29 is 14.7 Å². The lowest BCUT2D eigenvalue weighted by Crippen LogP contribution is -2.45. The molecule has 0 heterocycles. The number of carbonyl (C=O) groups excluding carboxylic acids is 1. The number of carbonyl (C=O) groups is 2. The summed E-state index contributed by atoms with van der Waals surface area (Å²) in [5.74, 6) is 0.244. The van der Waals surface area contributed by atoms with Gasteiger partial charge in [0.1, 0.15) is 0 Å². The van der Waals surface area contributed by atoms with Crippen LogP contribution in [0.4, 0.5) is 4.79 Å². The summed E-state index contributed by atoms with van der Waals surface area (Å²) in [6, 6.07) is 0.122. The number of nitrogens with one attached hydrogen (secondary N) is 1. The number of nitrogens with zero attached hydrogens (tertiary/aromatic N) is 1. The minimum absolute atomic E-state index is 0.00190. The maximum atomic E-state index is 11.9. The summed E-state index contributed by atoms with van der Waals surface area (Å²) in [5.41, 5.74) is 0. The van der Waals surface area contributed by atoms with Gasteiger partial charge in [-0.2, -0.15) is 11.8 Å². The van der Waals surface area contributed by atoms with Crippen LogP contribution in [-0.4, -0.2) is 53.1 Å². The third-order valence-corrected chi connectivity index (χ3v) is 3.76. The lowest BCUT2D eigenvalue weighted by Gasteiger charge is -2.27. The highest BCUT2D eigenvalue weighted by molar-refractivity contribution is 7.98. The van der Waals surface area contributed by atoms with E-state index in [2.05, 4.69) is 11.6 Å². The second kappa shape index (κ2) is 9.95. The van der Waals surface area contributed by atoms with Crippen LogP contribution in [0.25, 0.3) is 0 Å². The highest BCUT2D eigenvalue weighted by Crippen LogP contribution is 2.07. The van der Waals surface area contributed by atoms with Crippen LogP contribution in [-0.2, 0) is 4.79 Å². The van der Waals surface area contributed by atoms with E-state index < -0.39 is 5.97 Å². The van der Waals surface area contributed by atoms with Crippen LogP contribution in [0.1, 0.15) is 39.5 Å². The van der Waals surface area contributed by atoms with Crippen LogP contribution in [0.15, 0.2) is 0 Å². The van der Waals surface area contributed by atoms with Gasteiger partial charge in [-0.3, -0.25) is 4.79 Å². The summed E-state index contributed by atoms with van der Waals surface area (Å²) < 4.78 is 0. The van der Waals surface area contributed by atoms with Gasteiger partial charge in [-0.1, -0.05) is 0 Å². The molecule has 2 amide bonds. The van der Waals surface area contributed by atoms with Gasteiger partial charge in [0, 0.05) is 25.6 Å². The van der Waals surface area contributed by atoms with Crippen LogP contribution in [0.2, 0.25) is 0 Å². The lowest BCUT2D eigenvalue weighted by atomic mass is 10.1. The molecule has 0 rings (SSSR count). The highest BCUT2D eigenvalue weighted by atomic mass is 32.2. The zero-order valence-electron chi connectivity index (χ0n) is 12.3. The number of urea groups is 1. The van der Waals surface area contributed by atoms with Gasteiger partial charge < -0.3 is 15.3 Å². The minimum atomic E-state index is -0.790. The maximum Gasteiger partial charge on any atom is 0.317 e. The number of carboxylic acids is 1. The molecule has 2 N–H and O–H groups in total. The number of hydrogen-bond donors (Lipinski definition) is 2. The Labute approximate surface area is 120 Å². The summed E-state index contributed by atoms with van der Waals surface area (Å²) in [4.78, 5) is 24.1. The van der Waals surface area contributed by atoms with Crippen molar-refractivity contribution >= 4 is 23.8 Å². The molecule has 5 nitrogen and oxygen atoms in total. The predicted octanol–water partition coefficient (Wildman–Crippen LogP) is 2.41. The Kier molecular flexibility index (Phi) is 9.47. The second-order valence-electron chi connectivity index (χ2n) is 4.88. The number of rotatable bonds is 9. The molecule has 0 aliphatic heterocycles. The van der Waals surface area contributed by atoms with E-state index in [1.807, 2.05) is 13.8 Å². The van der Waals surface area contributed by atoms with Gasteiger partial charge in [-0.25, -0.2) is 4.79 Å². The first kappa shape index (κ1) is 18.1. The number of aliphatic carboxylic acids is 1. The molecule has 2 atom stereocenters. The molecule has 19 heavy (non-hydrogen) atoms. The normalized spacial score (nSPS) is 13.7. The first-order valence-electron chi connectivity index (χ1n) is 6.62. The summed E-state index contributed by atoms with van der Waals surface area (Å²) in [6.07, 6.45) is 4.45. The Bertz CT molecular complexity index is 287. The van der Waals surface area contributed by atoms with Crippen molar-refractivity contribution in [1.29, 1.82) is 0 Å². The monoisotopic (exact) mass is 290 g/mol. The molecule has 112 valence electrons. The van der Waals surface area contributed by atoms with Gasteiger partial charge in [0.25, 0.3) is 0 Å². The van der Waals surface area contributed by atoms with Crippen molar-refractivity contribution in [1.82, 2.24) is 10.2 Å². The largest absolute Gasteiger partial charge is 0.481 e. The average molecular weight is 290 g/mol. The van der Waals surface area contributed by atoms with E-state index in [9.17, 15) is 9.59 Å². The third kappa shape index (κ3) is 8.75. The first-order valence-corrected chi connectivity index (χ1v) is 8.02. The zero-order chi connectivity index (χ0) is 14.8. The Morgan fingerprint density at radius 3 is 2.47 bits per heavy atom. The van der Waals surface area contributed by atoms with E-state index in [-0.39, 0.29) is 24.5 Å². The SMILES string of the molecule is CSCCC(C)N(C)C(=O)NC(C)CCCC(=O)O. The summed E-state index contributed by atoms with van der Waals surface area (Å²) in [5, 5.41) is 11.5. The molecule has 0 radical (unpaired) electrons. The maximum absolute atomic E-state index is 11.9. The molecule has 0 spiro atoms. The Balaban J connectivity index is 3.96. The molecular formula is C13H26N2O3S. The fourth-order valence-electron chi connectivity index (χ4n) is 1.63. The van der Waals surface area contributed by atoms with Crippen molar-refractivity contribution in [2.45, 2.75) is 51.6 Å². The van der Waals surface area contributed by atoms with Crippen LogP contribution >= 0.6 is 11.8 Å². The van der Waals surface area contributed by atoms with E-state index >= 15 is 0 Å². The molecule has 6 heteroatoms. The zero-order valence-corrected chi connectivity index (χ0v) is 13.1. The Morgan fingerprint density at radius 1 is 1.32 bits per heavy atom. The topological polar surface area (TPSA) is 69.6 Å². The van der Waals surface area contributed by atoms with Gasteiger partial charge in [-0.05, 0) is 45.1 Å². The van der Waals surface area contributed by atoms with E-state index in [1.54, 1.807) is 23.7 Å². The molecule has 0 fully saturated rings. The Morgan fingerprint density at radius 2 is 1.95 bits per heavy atom. The smallest absolute Gasteiger partial charge is 0.317 e. The highest BCUT2D eigenvalue weighted by Gasteiger charge is 2.17. The van der Waals surface area contributed by atoms with E-state index in [0.29, 0.717) is 12.8 Å². The third-order valence-electron chi connectivity index (χ3n) is 3.12. The van der Waals surface area contributed by atoms with E-state index in [1.165, 1.54) is 0 Å². The van der Waals surface area contributed by atoms with Crippen molar-refractivity contribution in [2.75, 3.05) is 19.1 Å². The molecule has 0 saturated heterocycles. The molecule has 0 aromatic heterocycles. The van der Waals surface area contributed by atoms with Crippen molar-refractivity contribution in [2.24, 2.45) is 0 Å². The van der Waals surface area contributed by atoms with Gasteiger partial charge >= 0.3 is 12.0 Å². The molecule has 0 aliphatic rings. The number of hydrogen-bond acceptors (Lipinski definition) is 3. The molecule has 0 aliphatic carbocycles. The molecule has 0 saturated carbocycles. The summed E-state index contributed by atoms with van der Waals surface area (Å²) in [6.45, 7) is 3.94. The van der Waals surface area contributed by atoms with Crippen LogP contribution in [0.3, 0.4) is 0 Å².